The van der Waals surface area contributed by atoms with E-state index in [9.17, 15) is 8.78 Å². The van der Waals surface area contributed by atoms with Gasteiger partial charge in [-0.2, -0.15) is 0 Å². The summed E-state index contributed by atoms with van der Waals surface area (Å²) in [4.78, 5) is 4.31. The second-order valence-corrected chi connectivity index (χ2v) is 6.60. The van der Waals surface area contributed by atoms with Gasteiger partial charge in [-0.25, -0.2) is 13.8 Å². The van der Waals surface area contributed by atoms with E-state index in [1.54, 1.807) is 0 Å². The Balaban J connectivity index is 2.08. The van der Waals surface area contributed by atoms with Gasteiger partial charge in [-0.1, -0.05) is 13.8 Å². The van der Waals surface area contributed by atoms with E-state index in [2.05, 4.69) is 18.8 Å². The van der Waals surface area contributed by atoms with Crippen LogP contribution in [0.5, 0.6) is 0 Å². The Kier molecular flexibility index (Phi) is 3.24. The van der Waals surface area contributed by atoms with Gasteiger partial charge < -0.3 is 4.57 Å². The molecule has 0 spiro atoms. The highest BCUT2D eigenvalue weighted by molar-refractivity contribution is 6.17. The van der Waals surface area contributed by atoms with Crippen molar-refractivity contribution in [3.8, 4) is 0 Å². The average Bonchev–Trinajstić information content (AvgIpc) is 2.80. The molecule has 0 radical (unpaired) electrons. The highest BCUT2D eigenvalue weighted by Gasteiger charge is 2.45. The molecular weight excluding hydrogens is 282 g/mol. The molecule has 5 heteroatoms. The zero-order chi connectivity index (χ0) is 14.5. The van der Waals surface area contributed by atoms with Crippen molar-refractivity contribution < 1.29 is 8.78 Å². The van der Waals surface area contributed by atoms with E-state index in [1.165, 1.54) is 6.07 Å². The van der Waals surface area contributed by atoms with Crippen molar-refractivity contribution in [3.05, 3.63) is 29.6 Å². The van der Waals surface area contributed by atoms with Crippen LogP contribution < -0.4 is 0 Å². The number of hydrogen-bond donors (Lipinski definition) is 0. The Morgan fingerprint density at radius 3 is 2.70 bits per heavy atom. The third kappa shape index (κ3) is 2.30. The van der Waals surface area contributed by atoms with Crippen LogP contribution in [0, 0.1) is 23.0 Å². The third-order valence-electron chi connectivity index (χ3n) is 4.29. The minimum atomic E-state index is -0.607. The number of aromatic nitrogens is 2. The smallest absolute Gasteiger partial charge is 0.153 e. The Morgan fingerprint density at radius 1 is 1.40 bits per heavy atom. The normalized spacial score (nSPS) is 20.6. The maximum atomic E-state index is 13.8. The lowest BCUT2D eigenvalue weighted by Crippen LogP contribution is -2.08. The number of hydrogen-bond acceptors (Lipinski definition) is 1. The van der Waals surface area contributed by atoms with Gasteiger partial charge in [0.2, 0.25) is 0 Å². The summed E-state index contributed by atoms with van der Waals surface area (Å²) < 4.78 is 29.2. The summed E-state index contributed by atoms with van der Waals surface area (Å²) in [5.41, 5.74) is 1.08. The Labute approximate surface area is 121 Å². The van der Waals surface area contributed by atoms with Crippen molar-refractivity contribution in [1.82, 2.24) is 9.55 Å². The van der Waals surface area contributed by atoms with Gasteiger partial charge in [-0.05, 0) is 23.8 Å². The summed E-state index contributed by atoms with van der Waals surface area (Å²) in [7, 11) is 0. The van der Waals surface area contributed by atoms with Crippen LogP contribution in [0.3, 0.4) is 0 Å². The van der Waals surface area contributed by atoms with Crippen molar-refractivity contribution in [1.29, 1.82) is 0 Å². The Morgan fingerprint density at radius 2 is 2.10 bits per heavy atom. The maximum Gasteiger partial charge on any atom is 0.153 e. The molecule has 108 valence electrons. The first kappa shape index (κ1) is 13.8. The van der Waals surface area contributed by atoms with Gasteiger partial charge >= 0.3 is 0 Å². The van der Waals surface area contributed by atoms with Crippen molar-refractivity contribution in [2.45, 2.75) is 33.2 Å². The van der Waals surface area contributed by atoms with Crippen LogP contribution in [0.15, 0.2) is 12.1 Å². The number of nitrogens with zero attached hydrogens (tertiary/aromatic N) is 2. The SMILES string of the molecule is CC1(C)CC1Cn1c(CCCl)nc2c(F)cc(F)cc21. The van der Waals surface area contributed by atoms with Crippen LogP contribution in [0.1, 0.15) is 26.1 Å². The van der Waals surface area contributed by atoms with Crippen LogP contribution in [0.25, 0.3) is 11.0 Å². The fraction of sp³-hybridized carbons (Fsp3) is 0.533. The maximum absolute atomic E-state index is 13.8. The molecule has 2 nitrogen and oxygen atoms in total. The first-order chi connectivity index (χ1) is 9.42. The highest BCUT2D eigenvalue weighted by atomic mass is 35.5. The molecule has 1 aromatic heterocycles. The quantitative estimate of drug-likeness (QED) is 0.776. The monoisotopic (exact) mass is 298 g/mol. The van der Waals surface area contributed by atoms with Crippen LogP contribution in [0.4, 0.5) is 8.78 Å². The Hall–Kier alpha value is -1.16. The lowest BCUT2D eigenvalue weighted by Gasteiger charge is -2.10. The highest BCUT2D eigenvalue weighted by Crippen LogP contribution is 2.52. The lowest BCUT2D eigenvalue weighted by atomic mass is 10.1. The molecule has 1 aromatic carbocycles. The molecule has 0 amide bonds. The molecular formula is C15H17ClF2N2. The molecule has 3 rings (SSSR count). The average molecular weight is 299 g/mol. The van der Waals surface area contributed by atoms with Crippen molar-refractivity contribution >= 4 is 22.6 Å². The van der Waals surface area contributed by atoms with E-state index in [-0.39, 0.29) is 5.52 Å². The molecule has 1 unspecified atom stereocenters. The predicted molar refractivity (Wildman–Crippen MR) is 76.0 cm³/mol. The minimum Gasteiger partial charge on any atom is -0.327 e. The van der Waals surface area contributed by atoms with E-state index in [4.69, 9.17) is 11.6 Å². The molecule has 20 heavy (non-hydrogen) atoms. The van der Waals surface area contributed by atoms with Gasteiger partial charge in [0.25, 0.3) is 0 Å². The largest absolute Gasteiger partial charge is 0.327 e. The molecule has 1 saturated carbocycles. The van der Waals surface area contributed by atoms with Crippen LogP contribution >= 0.6 is 11.6 Å². The van der Waals surface area contributed by atoms with Gasteiger partial charge in [0, 0.05) is 24.9 Å². The number of alkyl halides is 1. The lowest BCUT2D eigenvalue weighted by molar-refractivity contribution is 0.496. The zero-order valence-corrected chi connectivity index (χ0v) is 12.3. The number of fused-ring (bicyclic) bond motifs is 1. The van der Waals surface area contributed by atoms with Gasteiger partial charge in [0.05, 0.1) is 5.52 Å². The van der Waals surface area contributed by atoms with Crippen molar-refractivity contribution in [2.75, 3.05) is 5.88 Å². The summed E-state index contributed by atoms with van der Waals surface area (Å²) in [5.74, 6) is 0.511. The van der Waals surface area contributed by atoms with Gasteiger partial charge in [-0.3, -0.25) is 0 Å². The molecule has 1 heterocycles. The number of aryl methyl sites for hydroxylation is 1. The predicted octanol–water partition coefficient (Wildman–Crippen LogP) is 4.14. The van der Waals surface area contributed by atoms with E-state index in [0.29, 0.717) is 29.2 Å². The van der Waals surface area contributed by atoms with E-state index in [0.717, 1.165) is 24.9 Å². The molecule has 1 atom stereocenters. The molecule has 1 aliphatic carbocycles. The fourth-order valence-corrected chi connectivity index (χ4v) is 2.95. The molecule has 0 N–H and O–H groups in total. The molecule has 0 bridgehead atoms. The minimum absolute atomic E-state index is 0.241. The molecule has 1 fully saturated rings. The number of imidazole rings is 1. The topological polar surface area (TPSA) is 17.8 Å². The molecule has 2 aromatic rings. The number of benzene rings is 1. The van der Waals surface area contributed by atoms with Crippen molar-refractivity contribution in [3.63, 3.8) is 0 Å². The van der Waals surface area contributed by atoms with Crippen molar-refractivity contribution in [2.24, 2.45) is 11.3 Å². The second kappa shape index (κ2) is 4.69. The summed E-state index contributed by atoms with van der Waals surface area (Å²) in [6, 6.07) is 2.24. The van der Waals surface area contributed by atoms with E-state index < -0.39 is 11.6 Å². The van der Waals surface area contributed by atoms with Crippen LogP contribution in [-0.2, 0) is 13.0 Å². The van der Waals surface area contributed by atoms with Gasteiger partial charge in [-0.15, -0.1) is 11.6 Å². The van der Waals surface area contributed by atoms with E-state index >= 15 is 0 Å². The zero-order valence-electron chi connectivity index (χ0n) is 11.6. The van der Waals surface area contributed by atoms with Gasteiger partial charge in [0.15, 0.2) is 5.82 Å². The van der Waals surface area contributed by atoms with Crippen LogP contribution in [0.2, 0.25) is 0 Å². The fourth-order valence-electron chi connectivity index (χ4n) is 2.78. The summed E-state index contributed by atoms with van der Waals surface area (Å²) in [6.45, 7) is 5.16. The van der Waals surface area contributed by atoms with Crippen LogP contribution in [-0.4, -0.2) is 15.4 Å². The van der Waals surface area contributed by atoms with Gasteiger partial charge in [0.1, 0.15) is 17.2 Å². The molecule has 0 saturated heterocycles. The second-order valence-electron chi connectivity index (χ2n) is 6.22. The standard InChI is InChI=1S/C15H17ClF2N2/c1-15(2)7-9(15)8-20-12-6-10(17)5-11(18)14(12)19-13(20)3-4-16/h5-6,9H,3-4,7-8H2,1-2H3. The summed E-state index contributed by atoms with van der Waals surface area (Å²) in [5, 5.41) is 0. The third-order valence-corrected chi connectivity index (χ3v) is 4.48. The summed E-state index contributed by atoms with van der Waals surface area (Å²) >= 11 is 5.79. The Bertz CT molecular complexity index is 663. The van der Waals surface area contributed by atoms with E-state index in [1.807, 2.05) is 4.57 Å². The number of halogens is 3. The first-order valence-corrected chi connectivity index (χ1v) is 7.36. The molecule has 1 aliphatic rings. The number of rotatable bonds is 4. The first-order valence-electron chi connectivity index (χ1n) is 6.82. The summed E-state index contributed by atoms with van der Waals surface area (Å²) in [6.07, 6.45) is 1.69. The molecule has 0 aliphatic heterocycles.